The lowest BCUT2D eigenvalue weighted by atomic mass is 10.1. The molecule has 1 rings (SSSR count). The van der Waals surface area contributed by atoms with Gasteiger partial charge < -0.3 is 10.5 Å². The highest BCUT2D eigenvalue weighted by Crippen LogP contribution is 2.15. The van der Waals surface area contributed by atoms with Gasteiger partial charge in [0.05, 0.1) is 17.4 Å². The van der Waals surface area contributed by atoms with Crippen molar-refractivity contribution in [2.45, 2.75) is 52.1 Å². The first-order chi connectivity index (χ1) is 9.04. The quantitative estimate of drug-likeness (QED) is 0.462. The zero-order chi connectivity index (χ0) is 14.3. The van der Waals surface area contributed by atoms with Crippen LogP contribution in [-0.2, 0) is 4.74 Å². The number of carbonyl (C=O) groups is 1. The lowest BCUT2D eigenvalue weighted by molar-refractivity contribution is 0.0319. The Morgan fingerprint density at radius 2 is 2.11 bits per heavy atom. The molecule has 0 aliphatic heterocycles. The molecule has 0 spiro atoms. The van der Waals surface area contributed by atoms with E-state index >= 15 is 0 Å². The first-order valence-electron chi connectivity index (χ1n) is 6.80. The normalized spacial score (nSPS) is 12.2. The average molecular weight is 267 g/mol. The van der Waals surface area contributed by atoms with E-state index in [9.17, 15) is 9.18 Å². The Kier molecular flexibility index (Phi) is 6.33. The minimum Gasteiger partial charge on any atom is -0.459 e. The summed E-state index contributed by atoms with van der Waals surface area (Å²) in [5.74, 6) is -0.973. The lowest BCUT2D eigenvalue weighted by Crippen LogP contribution is -2.15. The van der Waals surface area contributed by atoms with Gasteiger partial charge in [0.25, 0.3) is 0 Å². The van der Waals surface area contributed by atoms with E-state index in [-0.39, 0.29) is 11.8 Å². The molecule has 106 valence electrons. The van der Waals surface area contributed by atoms with Gasteiger partial charge in [0.15, 0.2) is 0 Å². The van der Waals surface area contributed by atoms with E-state index in [1.54, 1.807) is 0 Å². The van der Waals surface area contributed by atoms with E-state index in [4.69, 9.17) is 10.5 Å². The van der Waals surface area contributed by atoms with Gasteiger partial charge in [0.1, 0.15) is 5.82 Å². The molecule has 0 aliphatic carbocycles. The molecule has 0 saturated heterocycles. The number of benzene rings is 1. The molecule has 1 aromatic rings. The van der Waals surface area contributed by atoms with Gasteiger partial charge in [-0.15, -0.1) is 0 Å². The van der Waals surface area contributed by atoms with Crippen molar-refractivity contribution in [1.82, 2.24) is 0 Å². The van der Waals surface area contributed by atoms with Crippen molar-refractivity contribution >= 4 is 11.7 Å². The number of halogens is 1. The first kappa shape index (κ1) is 15.5. The van der Waals surface area contributed by atoms with Gasteiger partial charge >= 0.3 is 5.97 Å². The summed E-state index contributed by atoms with van der Waals surface area (Å²) in [5.41, 5.74) is 5.67. The molecule has 1 aromatic carbocycles. The molecule has 0 fully saturated rings. The van der Waals surface area contributed by atoms with Crippen LogP contribution in [0.2, 0.25) is 0 Å². The second-order valence-electron chi connectivity index (χ2n) is 4.80. The van der Waals surface area contributed by atoms with Gasteiger partial charge in [-0.3, -0.25) is 0 Å². The minimum absolute atomic E-state index is 0.0370. The Bertz CT molecular complexity index is 421. The molecule has 0 amide bonds. The fraction of sp³-hybridized carbons (Fsp3) is 0.533. The summed E-state index contributed by atoms with van der Waals surface area (Å²) in [6, 6.07) is 3.87. The van der Waals surface area contributed by atoms with Crippen LogP contribution >= 0.6 is 0 Å². The number of anilines is 1. The standard InChI is InChI=1S/C15H22FNO2/c1-3-4-5-6-7-11(2)19-15(18)12-8-9-13(16)14(17)10-12/h8-11H,3-7,17H2,1-2H3. The largest absolute Gasteiger partial charge is 0.459 e. The van der Waals surface area contributed by atoms with E-state index in [0.29, 0.717) is 5.56 Å². The molecule has 0 saturated carbocycles. The second-order valence-corrected chi connectivity index (χ2v) is 4.80. The third-order valence-electron chi connectivity index (χ3n) is 3.00. The maximum atomic E-state index is 13.0. The van der Waals surface area contributed by atoms with Crippen molar-refractivity contribution in [3.63, 3.8) is 0 Å². The smallest absolute Gasteiger partial charge is 0.338 e. The molecule has 0 radical (unpaired) electrons. The Hall–Kier alpha value is -1.58. The first-order valence-corrected chi connectivity index (χ1v) is 6.80. The van der Waals surface area contributed by atoms with Gasteiger partial charge in [0, 0.05) is 0 Å². The number of nitrogens with two attached hydrogens (primary N) is 1. The predicted molar refractivity (Wildman–Crippen MR) is 74.4 cm³/mol. The molecule has 2 N–H and O–H groups in total. The topological polar surface area (TPSA) is 52.3 Å². The second kappa shape index (κ2) is 7.77. The summed E-state index contributed by atoms with van der Waals surface area (Å²) in [6.45, 7) is 4.03. The number of rotatable bonds is 7. The highest BCUT2D eigenvalue weighted by atomic mass is 19.1. The summed E-state index contributed by atoms with van der Waals surface area (Å²) in [4.78, 5) is 11.8. The molecule has 1 atom stereocenters. The van der Waals surface area contributed by atoms with Crippen LogP contribution in [0.25, 0.3) is 0 Å². The zero-order valence-corrected chi connectivity index (χ0v) is 11.6. The van der Waals surface area contributed by atoms with Crippen LogP contribution in [0.15, 0.2) is 18.2 Å². The Labute approximate surface area is 113 Å². The van der Waals surface area contributed by atoms with Gasteiger partial charge in [-0.25, -0.2) is 9.18 Å². The monoisotopic (exact) mass is 267 g/mol. The van der Waals surface area contributed by atoms with Gasteiger partial charge in [-0.1, -0.05) is 26.2 Å². The summed E-state index contributed by atoms with van der Waals surface area (Å²) < 4.78 is 18.3. The zero-order valence-electron chi connectivity index (χ0n) is 11.6. The maximum Gasteiger partial charge on any atom is 0.338 e. The van der Waals surface area contributed by atoms with E-state index in [1.807, 2.05) is 6.92 Å². The van der Waals surface area contributed by atoms with Crippen molar-refractivity contribution in [1.29, 1.82) is 0 Å². The highest BCUT2D eigenvalue weighted by molar-refractivity contribution is 5.90. The van der Waals surface area contributed by atoms with Crippen LogP contribution in [0.4, 0.5) is 10.1 Å². The van der Waals surface area contributed by atoms with Crippen LogP contribution in [0.1, 0.15) is 56.3 Å². The third kappa shape index (κ3) is 5.28. The van der Waals surface area contributed by atoms with E-state index in [1.165, 1.54) is 31.0 Å². The van der Waals surface area contributed by atoms with Gasteiger partial charge in [0.2, 0.25) is 0 Å². The molecular formula is C15H22FNO2. The van der Waals surface area contributed by atoms with E-state index in [2.05, 4.69) is 6.92 Å². The number of unbranched alkanes of at least 4 members (excludes halogenated alkanes) is 3. The van der Waals surface area contributed by atoms with Crippen molar-refractivity contribution in [2.24, 2.45) is 0 Å². The van der Waals surface area contributed by atoms with Crippen molar-refractivity contribution in [3.8, 4) is 0 Å². The van der Waals surface area contributed by atoms with Crippen LogP contribution < -0.4 is 5.73 Å². The highest BCUT2D eigenvalue weighted by Gasteiger charge is 2.13. The summed E-state index contributed by atoms with van der Waals surface area (Å²) in [7, 11) is 0. The minimum atomic E-state index is -0.524. The Morgan fingerprint density at radius 1 is 1.37 bits per heavy atom. The van der Waals surface area contributed by atoms with Crippen LogP contribution in [0.3, 0.4) is 0 Å². The molecule has 19 heavy (non-hydrogen) atoms. The molecule has 0 aromatic heterocycles. The lowest BCUT2D eigenvalue weighted by Gasteiger charge is -2.13. The fourth-order valence-electron chi connectivity index (χ4n) is 1.84. The van der Waals surface area contributed by atoms with Gasteiger partial charge in [-0.05, 0) is 38.0 Å². The number of hydrogen-bond acceptors (Lipinski definition) is 3. The van der Waals surface area contributed by atoms with Crippen molar-refractivity contribution < 1.29 is 13.9 Å². The SMILES string of the molecule is CCCCCCC(C)OC(=O)c1ccc(F)c(N)c1. The number of nitrogen functional groups attached to an aromatic ring is 1. The van der Waals surface area contributed by atoms with Crippen LogP contribution in [-0.4, -0.2) is 12.1 Å². The summed E-state index contributed by atoms with van der Waals surface area (Å²) in [6.07, 6.45) is 5.31. The fourth-order valence-corrected chi connectivity index (χ4v) is 1.84. The van der Waals surface area contributed by atoms with Crippen molar-refractivity contribution in [3.05, 3.63) is 29.6 Å². The number of ether oxygens (including phenoxy) is 1. The molecule has 0 bridgehead atoms. The number of carbonyl (C=O) groups excluding carboxylic acids is 1. The molecule has 3 nitrogen and oxygen atoms in total. The molecule has 4 heteroatoms. The van der Waals surface area contributed by atoms with Crippen molar-refractivity contribution in [2.75, 3.05) is 5.73 Å². The third-order valence-corrected chi connectivity index (χ3v) is 3.00. The molecule has 0 aliphatic rings. The predicted octanol–water partition coefficient (Wildman–Crippen LogP) is 3.92. The van der Waals surface area contributed by atoms with E-state index in [0.717, 1.165) is 19.3 Å². The van der Waals surface area contributed by atoms with Gasteiger partial charge in [-0.2, -0.15) is 0 Å². The number of hydrogen-bond donors (Lipinski definition) is 1. The Balaban J connectivity index is 2.43. The van der Waals surface area contributed by atoms with E-state index < -0.39 is 11.8 Å². The van der Waals surface area contributed by atoms with Crippen LogP contribution in [0.5, 0.6) is 0 Å². The maximum absolute atomic E-state index is 13.0. The molecular weight excluding hydrogens is 245 g/mol. The average Bonchev–Trinajstić information content (AvgIpc) is 2.38. The summed E-state index contributed by atoms with van der Waals surface area (Å²) >= 11 is 0. The number of esters is 1. The molecule has 0 heterocycles. The van der Waals surface area contributed by atoms with Crippen LogP contribution in [0, 0.1) is 5.82 Å². The summed E-state index contributed by atoms with van der Waals surface area (Å²) in [5, 5.41) is 0. The molecule has 1 unspecified atom stereocenters. The Morgan fingerprint density at radius 3 is 2.74 bits per heavy atom.